The van der Waals surface area contributed by atoms with Crippen LogP contribution in [0, 0.1) is 0 Å². The third kappa shape index (κ3) is 4.43. The van der Waals surface area contributed by atoms with Crippen molar-refractivity contribution in [1.82, 2.24) is 4.98 Å². The van der Waals surface area contributed by atoms with Crippen LogP contribution in [0.3, 0.4) is 0 Å². The molecule has 5 heteroatoms. The summed E-state index contributed by atoms with van der Waals surface area (Å²) >= 11 is 3.65. The molecular formula is C43H26N2OS2. The summed E-state index contributed by atoms with van der Waals surface area (Å²) in [6.45, 7) is 0. The summed E-state index contributed by atoms with van der Waals surface area (Å²) in [5.41, 5.74) is 8.46. The van der Waals surface area contributed by atoms with E-state index in [9.17, 15) is 0 Å². The molecule has 0 radical (unpaired) electrons. The van der Waals surface area contributed by atoms with Gasteiger partial charge in [0.05, 0.1) is 0 Å². The summed E-state index contributed by atoms with van der Waals surface area (Å²) in [6, 6.07) is 56.2. The van der Waals surface area contributed by atoms with Gasteiger partial charge in [-0.1, -0.05) is 84.9 Å². The monoisotopic (exact) mass is 650 g/mol. The van der Waals surface area contributed by atoms with Crippen LogP contribution in [0.4, 0.5) is 17.1 Å². The molecule has 3 heterocycles. The van der Waals surface area contributed by atoms with Crippen molar-refractivity contribution in [2.75, 3.05) is 4.90 Å². The van der Waals surface area contributed by atoms with Gasteiger partial charge in [-0.2, -0.15) is 0 Å². The molecule has 0 saturated heterocycles. The summed E-state index contributed by atoms with van der Waals surface area (Å²) < 4.78 is 11.3. The minimum absolute atomic E-state index is 0.651. The van der Waals surface area contributed by atoms with Gasteiger partial charge < -0.3 is 9.32 Å². The molecule has 10 rings (SSSR count). The molecule has 7 aromatic carbocycles. The van der Waals surface area contributed by atoms with Crippen molar-refractivity contribution >= 4 is 91.2 Å². The van der Waals surface area contributed by atoms with Crippen LogP contribution in [-0.4, -0.2) is 4.98 Å². The molecule has 0 spiro atoms. The van der Waals surface area contributed by atoms with Gasteiger partial charge in [0.25, 0.3) is 0 Å². The lowest BCUT2D eigenvalue weighted by Gasteiger charge is -2.25. The number of nitrogens with zero attached hydrogens (tertiary/aromatic N) is 2. The van der Waals surface area contributed by atoms with Gasteiger partial charge in [-0.05, 0) is 77.9 Å². The van der Waals surface area contributed by atoms with Crippen LogP contribution in [-0.2, 0) is 0 Å². The molecule has 226 valence electrons. The molecule has 0 aliphatic heterocycles. The Bertz CT molecular complexity index is 2780. The Kier molecular flexibility index (Phi) is 6.22. The number of hydrogen-bond acceptors (Lipinski definition) is 5. The second kappa shape index (κ2) is 10.9. The Labute approximate surface area is 284 Å². The highest BCUT2D eigenvalue weighted by molar-refractivity contribution is 7.26. The molecule has 0 fully saturated rings. The van der Waals surface area contributed by atoms with Crippen LogP contribution in [0.15, 0.2) is 162 Å². The van der Waals surface area contributed by atoms with Crippen molar-refractivity contribution in [1.29, 1.82) is 0 Å². The summed E-state index contributed by atoms with van der Waals surface area (Å²) in [4.78, 5) is 7.22. The van der Waals surface area contributed by atoms with E-state index >= 15 is 0 Å². The van der Waals surface area contributed by atoms with Crippen LogP contribution in [0.5, 0.6) is 0 Å². The molecule has 0 aliphatic rings. The lowest BCUT2D eigenvalue weighted by molar-refractivity contribution is 0.620. The zero-order valence-corrected chi connectivity index (χ0v) is 27.3. The Morgan fingerprint density at radius 2 is 1.12 bits per heavy atom. The third-order valence-electron chi connectivity index (χ3n) is 9.10. The number of anilines is 3. The minimum atomic E-state index is 0.651. The molecule has 0 amide bonds. The maximum Gasteiger partial charge on any atom is 0.227 e. The molecule has 10 aromatic rings. The lowest BCUT2D eigenvalue weighted by Crippen LogP contribution is -2.09. The van der Waals surface area contributed by atoms with E-state index in [2.05, 4.69) is 132 Å². The van der Waals surface area contributed by atoms with E-state index in [0.717, 1.165) is 33.7 Å². The lowest BCUT2D eigenvalue weighted by atomic mass is 9.99. The number of rotatable bonds is 5. The van der Waals surface area contributed by atoms with E-state index in [1.54, 1.807) is 11.3 Å². The van der Waals surface area contributed by atoms with Crippen LogP contribution in [0.2, 0.25) is 0 Å². The third-order valence-corrected chi connectivity index (χ3v) is 11.3. The van der Waals surface area contributed by atoms with E-state index in [1.807, 2.05) is 41.7 Å². The normalized spacial score (nSPS) is 11.8. The first-order valence-corrected chi connectivity index (χ1v) is 17.6. The fourth-order valence-electron chi connectivity index (χ4n) is 6.86. The van der Waals surface area contributed by atoms with Crippen molar-refractivity contribution < 1.29 is 4.42 Å². The number of aromatic nitrogens is 1. The van der Waals surface area contributed by atoms with E-state index in [4.69, 9.17) is 9.40 Å². The minimum Gasteiger partial charge on any atom is -0.436 e. The first kappa shape index (κ1) is 27.4. The molecule has 0 bridgehead atoms. The highest BCUT2D eigenvalue weighted by atomic mass is 32.1. The fraction of sp³-hybridized carbons (Fsp3) is 0. The Morgan fingerprint density at radius 1 is 0.458 bits per heavy atom. The zero-order valence-electron chi connectivity index (χ0n) is 25.6. The number of oxazole rings is 1. The Balaban J connectivity index is 1.08. The van der Waals surface area contributed by atoms with Gasteiger partial charge in [-0.15, -0.1) is 22.7 Å². The van der Waals surface area contributed by atoms with Crippen molar-refractivity contribution in [3.05, 3.63) is 158 Å². The summed E-state index contributed by atoms with van der Waals surface area (Å²) in [7, 11) is 0. The van der Waals surface area contributed by atoms with Crippen molar-refractivity contribution in [3.8, 4) is 22.6 Å². The number of para-hydroxylation sites is 1. The molecular weight excluding hydrogens is 625 g/mol. The fourth-order valence-corrected chi connectivity index (χ4v) is 9.14. The van der Waals surface area contributed by atoms with Crippen molar-refractivity contribution in [2.45, 2.75) is 0 Å². The molecule has 0 aliphatic carbocycles. The molecule has 3 aromatic heterocycles. The average Bonchev–Trinajstić information content (AvgIpc) is 3.84. The van der Waals surface area contributed by atoms with Crippen LogP contribution >= 0.6 is 22.7 Å². The molecule has 48 heavy (non-hydrogen) atoms. The maximum absolute atomic E-state index is 6.21. The van der Waals surface area contributed by atoms with Crippen LogP contribution in [0.1, 0.15) is 0 Å². The van der Waals surface area contributed by atoms with Gasteiger partial charge in [0.15, 0.2) is 5.58 Å². The smallest absolute Gasteiger partial charge is 0.227 e. The van der Waals surface area contributed by atoms with Crippen molar-refractivity contribution in [3.63, 3.8) is 0 Å². The number of fused-ring (bicyclic) bond motifs is 7. The molecule has 0 N–H and O–H groups in total. The second-order valence-electron chi connectivity index (χ2n) is 12.0. The van der Waals surface area contributed by atoms with Crippen molar-refractivity contribution in [2.24, 2.45) is 0 Å². The first-order valence-electron chi connectivity index (χ1n) is 15.9. The van der Waals surface area contributed by atoms with Crippen LogP contribution in [0.25, 0.3) is 74.0 Å². The molecule has 0 saturated carbocycles. The SMILES string of the molecule is c1ccc(-c2nc3cc4c(cc3o2)sc2cccc(-c3ccc(N(c5ccccc5)c5ccc6c(c5)sc5ccccc56)cc3)c24)cc1. The largest absolute Gasteiger partial charge is 0.436 e. The van der Waals surface area contributed by atoms with E-state index in [0.29, 0.717) is 5.89 Å². The predicted molar refractivity (Wildman–Crippen MR) is 205 cm³/mol. The summed E-state index contributed by atoms with van der Waals surface area (Å²) in [6.07, 6.45) is 0. The quantitative estimate of drug-likeness (QED) is 0.186. The summed E-state index contributed by atoms with van der Waals surface area (Å²) in [5, 5.41) is 5.08. The highest BCUT2D eigenvalue weighted by Crippen LogP contribution is 2.44. The highest BCUT2D eigenvalue weighted by Gasteiger charge is 2.18. The standard InChI is InChI=1S/C43H26N2OS2/c1-3-10-28(11-4-1)43-44-36-25-35-41(26-37(36)46-43)48-39-17-9-15-32(42(35)39)27-18-20-30(21-19-27)45(29-12-5-2-6-13-29)31-22-23-34-33-14-7-8-16-38(33)47-40(34)24-31/h1-26H. The van der Waals surface area contributed by atoms with E-state index in [-0.39, 0.29) is 0 Å². The van der Waals surface area contributed by atoms with E-state index in [1.165, 1.54) is 51.5 Å². The predicted octanol–water partition coefficient (Wildman–Crippen LogP) is 13.4. The van der Waals surface area contributed by atoms with Gasteiger partial charge in [0.1, 0.15) is 5.52 Å². The molecule has 3 nitrogen and oxygen atoms in total. The topological polar surface area (TPSA) is 29.3 Å². The van der Waals surface area contributed by atoms with Gasteiger partial charge >= 0.3 is 0 Å². The number of thiophene rings is 2. The number of hydrogen-bond donors (Lipinski definition) is 0. The number of benzene rings is 7. The first-order chi connectivity index (χ1) is 23.8. The Morgan fingerprint density at radius 3 is 1.98 bits per heavy atom. The van der Waals surface area contributed by atoms with Crippen LogP contribution < -0.4 is 4.90 Å². The summed E-state index contributed by atoms with van der Waals surface area (Å²) in [5.74, 6) is 0.651. The van der Waals surface area contributed by atoms with Gasteiger partial charge in [0.2, 0.25) is 5.89 Å². The zero-order chi connectivity index (χ0) is 31.6. The van der Waals surface area contributed by atoms with Gasteiger partial charge in [0, 0.05) is 69.0 Å². The Hall–Kier alpha value is -5.75. The maximum atomic E-state index is 6.21. The van der Waals surface area contributed by atoms with Gasteiger partial charge in [-0.25, -0.2) is 4.98 Å². The average molecular weight is 651 g/mol. The molecule has 0 atom stereocenters. The van der Waals surface area contributed by atoms with E-state index < -0.39 is 0 Å². The molecule has 0 unspecified atom stereocenters. The van der Waals surface area contributed by atoms with Gasteiger partial charge in [-0.3, -0.25) is 0 Å². The second-order valence-corrected chi connectivity index (χ2v) is 14.1.